The standard InChI is InChI=1S/C22H31NO5/c1-7-27-20(25)8-9-21(26)28-14-19(24)23-11-10-18-15(2)12-17(13-16(18)3)22(4,5)6/h8-9,12-13H,7,10-11,14H2,1-6H3,(H,23,24)/b9-8+. The Balaban J connectivity index is 2.47. The topological polar surface area (TPSA) is 81.7 Å². The maximum atomic E-state index is 11.8. The molecule has 28 heavy (non-hydrogen) atoms. The summed E-state index contributed by atoms with van der Waals surface area (Å²) >= 11 is 0. The summed E-state index contributed by atoms with van der Waals surface area (Å²) in [5.41, 5.74) is 5.00. The summed E-state index contributed by atoms with van der Waals surface area (Å²) in [7, 11) is 0. The Bertz CT molecular complexity index is 721. The first-order chi connectivity index (χ1) is 13.0. The van der Waals surface area contributed by atoms with Gasteiger partial charge in [-0.15, -0.1) is 0 Å². The van der Waals surface area contributed by atoms with Crippen LogP contribution in [0.15, 0.2) is 24.3 Å². The molecular weight excluding hydrogens is 358 g/mol. The molecule has 0 radical (unpaired) electrons. The Morgan fingerprint density at radius 1 is 1.00 bits per heavy atom. The molecule has 0 unspecified atom stereocenters. The van der Waals surface area contributed by atoms with E-state index in [2.05, 4.69) is 56.8 Å². The van der Waals surface area contributed by atoms with Crippen LogP contribution in [0.1, 0.15) is 49.9 Å². The van der Waals surface area contributed by atoms with Crippen LogP contribution in [-0.4, -0.2) is 37.6 Å². The van der Waals surface area contributed by atoms with Crippen molar-refractivity contribution in [3.63, 3.8) is 0 Å². The number of nitrogens with one attached hydrogen (secondary N) is 1. The molecule has 1 aromatic carbocycles. The number of aryl methyl sites for hydroxylation is 2. The molecule has 0 fully saturated rings. The molecule has 0 aliphatic heterocycles. The number of esters is 2. The molecule has 1 aromatic rings. The maximum absolute atomic E-state index is 11.8. The van der Waals surface area contributed by atoms with Crippen molar-refractivity contribution in [2.24, 2.45) is 0 Å². The van der Waals surface area contributed by atoms with E-state index in [1.165, 1.54) is 22.3 Å². The highest BCUT2D eigenvalue weighted by Gasteiger charge is 2.16. The summed E-state index contributed by atoms with van der Waals surface area (Å²) in [5.74, 6) is -1.79. The van der Waals surface area contributed by atoms with Gasteiger partial charge in [0.2, 0.25) is 0 Å². The Labute approximate surface area is 167 Å². The molecule has 0 bridgehead atoms. The van der Waals surface area contributed by atoms with Gasteiger partial charge in [-0.3, -0.25) is 4.79 Å². The van der Waals surface area contributed by atoms with Crippen LogP contribution in [0.5, 0.6) is 0 Å². The van der Waals surface area contributed by atoms with E-state index in [9.17, 15) is 14.4 Å². The van der Waals surface area contributed by atoms with E-state index in [0.717, 1.165) is 12.2 Å². The molecule has 0 aliphatic carbocycles. The summed E-state index contributed by atoms with van der Waals surface area (Å²) < 4.78 is 9.44. The van der Waals surface area contributed by atoms with Crippen LogP contribution in [0.2, 0.25) is 0 Å². The van der Waals surface area contributed by atoms with Gasteiger partial charge >= 0.3 is 11.9 Å². The SMILES string of the molecule is CCOC(=O)/C=C/C(=O)OCC(=O)NCCc1c(C)cc(C(C)(C)C)cc1C. The van der Waals surface area contributed by atoms with Crippen LogP contribution in [-0.2, 0) is 35.7 Å². The average molecular weight is 389 g/mol. The van der Waals surface area contributed by atoms with Gasteiger partial charge in [-0.25, -0.2) is 9.59 Å². The lowest BCUT2D eigenvalue weighted by atomic mass is 9.83. The van der Waals surface area contributed by atoms with Crippen LogP contribution in [0.25, 0.3) is 0 Å². The fraction of sp³-hybridized carbons (Fsp3) is 0.500. The summed E-state index contributed by atoms with van der Waals surface area (Å²) in [6.45, 7) is 12.7. The number of rotatable bonds is 8. The normalized spacial score (nSPS) is 11.4. The molecule has 6 nitrogen and oxygen atoms in total. The van der Waals surface area contributed by atoms with Gasteiger partial charge in [0.05, 0.1) is 6.61 Å². The second-order valence-electron chi connectivity index (χ2n) is 7.63. The molecule has 0 heterocycles. The molecule has 0 atom stereocenters. The monoisotopic (exact) mass is 389 g/mol. The minimum atomic E-state index is -0.771. The molecule has 6 heteroatoms. The van der Waals surface area contributed by atoms with Gasteiger partial charge in [-0.1, -0.05) is 32.9 Å². The van der Waals surface area contributed by atoms with Crippen molar-refractivity contribution < 1.29 is 23.9 Å². The van der Waals surface area contributed by atoms with Crippen molar-refractivity contribution >= 4 is 17.8 Å². The molecule has 1 rings (SSSR count). The van der Waals surface area contributed by atoms with Crippen molar-refractivity contribution in [1.29, 1.82) is 0 Å². The molecule has 0 aromatic heterocycles. The quantitative estimate of drug-likeness (QED) is 0.546. The zero-order chi connectivity index (χ0) is 21.3. The molecule has 0 saturated heterocycles. The zero-order valence-electron chi connectivity index (χ0n) is 17.7. The number of hydrogen-bond donors (Lipinski definition) is 1. The van der Waals surface area contributed by atoms with Gasteiger partial charge < -0.3 is 14.8 Å². The number of hydrogen-bond acceptors (Lipinski definition) is 5. The van der Waals surface area contributed by atoms with Crippen molar-refractivity contribution in [3.8, 4) is 0 Å². The number of ether oxygens (including phenoxy) is 2. The van der Waals surface area contributed by atoms with Gasteiger partial charge in [-0.05, 0) is 54.9 Å². The third kappa shape index (κ3) is 7.94. The second-order valence-corrected chi connectivity index (χ2v) is 7.63. The Hall–Kier alpha value is -2.63. The van der Waals surface area contributed by atoms with Crippen molar-refractivity contribution in [3.05, 3.63) is 46.5 Å². The fourth-order valence-electron chi connectivity index (χ4n) is 2.71. The van der Waals surface area contributed by atoms with E-state index in [0.29, 0.717) is 13.0 Å². The highest BCUT2D eigenvalue weighted by Crippen LogP contribution is 2.27. The summed E-state index contributed by atoms with van der Waals surface area (Å²) in [6.07, 6.45) is 2.61. The third-order valence-electron chi connectivity index (χ3n) is 4.25. The molecule has 154 valence electrons. The molecule has 0 aliphatic rings. The smallest absolute Gasteiger partial charge is 0.331 e. The maximum Gasteiger partial charge on any atom is 0.331 e. The number of carbonyl (C=O) groups is 3. The van der Waals surface area contributed by atoms with Crippen molar-refractivity contribution in [2.45, 2.75) is 53.4 Å². The molecule has 0 saturated carbocycles. The van der Waals surface area contributed by atoms with Gasteiger partial charge in [0.15, 0.2) is 6.61 Å². The minimum absolute atomic E-state index is 0.0911. The minimum Gasteiger partial charge on any atom is -0.463 e. The van der Waals surface area contributed by atoms with Gasteiger partial charge in [0, 0.05) is 18.7 Å². The van der Waals surface area contributed by atoms with E-state index < -0.39 is 18.5 Å². The van der Waals surface area contributed by atoms with E-state index in [4.69, 9.17) is 4.74 Å². The van der Waals surface area contributed by atoms with E-state index in [1.54, 1.807) is 6.92 Å². The molecule has 1 N–H and O–H groups in total. The van der Waals surface area contributed by atoms with Crippen LogP contribution in [0.3, 0.4) is 0 Å². The first kappa shape index (κ1) is 23.4. The van der Waals surface area contributed by atoms with Gasteiger partial charge in [0.1, 0.15) is 0 Å². The first-order valence-corrected chi connectivity index (χ1v) is 9.43. The van der Waals surface area contributed by atoms with Crippen LogP contribution < -0.4 is 5.32 Å². The lowest BCUT2D eigenvalue weighted by molar-refractivity contribution is -0.144. The van der Waals surface area contributed by atoms with Crippen molar-refractivity contribution in [2.75, 3.05) is 19.8 Å². The first-order valence-electron chi connectivity index (χ1n) is 9.43. The summed E-state index contributed by atoms with van der Waals surface area (Å²) in [4.78, 5) is 34.4. The van der Waals surface area contributed by atoms with E-state index >= 15 is 0 Å². The Morgan fingerprint density at radius 2 is 1.54 bits per heavy atom. The molecular formula is C22H31NO5. The summed E-state index contributed by atoms with van der Waals surface area (Å²) in [6, 6.07) is 4.39. The average Bonchev–Trinajstić information content (AvgIpc) is 2.59. The Morgan fingerprint density at radius 3 is 2.04 bits per heavy atom. The van der Waals surface area contributed by atoms with E-state index in [-0.39, 0.29) is 17.9 Å². The predicted molar refractivity (Wildman–Crippen MR) is 108 cm³/mol. The third-order valence-corrected chi connectivity index (χ3v) is 4.25. The lowest BCUT2D eigenvalue weighted by Crippen LogP contribution is -2.30. The highest BCUT2D eigenvalue weighted by molar-refractivity contribution is 5.92. The van der Waals surface area contributed by atoms with Crippen molar-refractivity contribution in [1.82, 2.24) is 5.32 Å². The summed E-state index contributed by atoms with van der Waals surface area (Å²) in [5, 5.41) is 2.74. The fourth-order valence-corrected chi connectivity index (χ4v) is 2.71. The molecule has 1 amide bonds. The highest BCUT2D eigenvalue weighted by atomic mass is 16.5. The largest absolute Gasteiger partial charge is 0.463 e. The van der Waals surface area contributed by atoms with E-state index in [1.807, 2.05) is 0 Å². The van der Waals surface area contributed by atoms with Crippen LogP contribution in [0, 0.1) is 13.8 Å². The van der Waals surface area contributed by atoms with Crippen LogP contribution >= 0.6 is 0 Å². The van der Waals surface area contributed by atoms with Crippen LogP contribution in [0.4, 0.5) is 0 Å². The molecule has 0 spiro atoms. The predicted octanol–water partition coefficient (Wildman–Crippen LogP) is 2.92. The zero-order valence-corrected chi connectivity index (χ0v) is 17.7. The van der Waals surface area contributed by atoms with Gasteiger partial charge in [0.25, 0.3) is 5.91 Å². The second kappa shape index (κ2) is 10.6. The van der Waals surface area contributed by atoms with Gasteiger partial charge in [-0.2, -0.15) is 0 Å². The number of benzene rings is 1. The number of amides is 1. The lowest BCUT2D eigenvalue weighted by Gasteiger charge is -2.22. The Kier molecular flexibility index (Phi) is 8.89. The number of carbonyl (C=O) groups excluding carboxylic acids is 3.